The Labute approximate surface area is 112 Å². The van der Waals surface area contributed by atoms with Crippen LogP contribution in [0.3, 0.4) is 0 Å². The van der Waals surface area contributed by atoms with Gasteiger partial charge in [-0.05, 0) is 37.6 Å². The maximum atomic E-state index is 11.1. The molecule has 0 aliphatic heterocycles. The fraction of sp³-hybridized carbons (Fsp3) is 0.429. The summed E-state index contributed by atoms with van der Waals surface area (Å²) in [6, 6.07) is 6.25. The van der Waals surface area contributed by atoms with Gasteiger partial charge in [-0.2, -0.15) is 0 Å². The summed E-state index contributed by atoms with van der Waals surface area (Å²) in [7, 11) is 1.98. The first-order valence-electron chi connectivity index (χ1n) is 6.47. The molecule has 0 atom stereocenters. The third-order valence-corrected chi connectivity index (χ3v) is 2.95. The number of ether oxygens (including phenoxy) is 1. The summed E-state index contributed by atoms with van der Waals surface area (Å²) in [6.45, 7) is 3.24. The topological polar surface area (TPSA) is 56.1 Å². The van der Waals surface area contributed by atoms with Crippen LogP contribution in [0.5, 0.6) is 0 Å². The van der Waals surface area contributed by atoms with Crippen molar-refractivity contribution in [1.29, 1.82) is 0 Å². The molecule has 0 fully saturated rings. The Morgan fingerprint density at radius 2 is 2.32 bits per heavy atom. The zero-order valence-electron chi connectivity index (χ0n) is 11.3. The summed E-state index contributed by atoms with van der Waals surface area (Å²) in [5.74, 6) is -0.206. The van der Waals surface area contributed by atoms with Crippen LogP contribution >= 0.6 is 0 Å². The summed E-state index contributed by atoms with van der Waals surface area (Å²) in [6.07, 6.45) is 2.68. The van der Waals surface area contributed by atoms with Gasteiger partial charge in [-0.15, -0.1) is 0 Å². The molecule has 0 saturated carbocycles. The van der Waals surface area contributed by atoms with E-state index in [4.69, 9.17) is 4.74 Å². The second kappa shape index (κ2) is 6.33. The monoisotopic (exact) mass is 261 g/mol. The number of carbonyl (C=O) groups excluding carboxylic acids is 1. The van der Waals surface area contributed by atoms with Gasteiger partial charge >= 0.3 is 5.97 Å². The molecule has 1 aromatic carbocycles. The highest BCUT2D eigenvalue weighted by Gasteiger charge is 2.02. The molecule has 1 aromatic heterocycles. The molecule has 0 spiro atoms. The van der Waals surface area contributed by atoms with E-state index in [9.17, 15) is 4.79 Å². The van der Waals surface area contributed by atoms with Crippen molar-refractivity contribution >= 4 is 17.0 Å². The first-order chi connectivity index (χ1) is 9.20. The molecule has 0 amide bonds. The number of benzene rings is 1. The van der Waals surface area contributed by atoms with Crippen LogP contribution in [-0.2, 0) is 23.0 Å². The lowest BCUT2D eigenvalue weighted by atomic mass is 10.1. The summed E-state index contributed by atoms with van der Waals surface area (Å²) in [5.41, 5.74) is 3.34. The number of rotatable bonds is 6. The molecule has 2 aromatic rings. The van der Waals surface area contributed by atoms with Crippen LogP contribution in [0.25, 0.3) is 11.0 Å². The number of imidazole rings is 1. The van der Waals surface area contributed by atoms with Crippen molar-refractivity contribution in [1.82, 2.24) is 14.9 Å². The molecule has 2 rings (SSSR count). The van der Waals surface area contributed by atoms with E-state index in [1.165, 1.54) is 5.56 Å². The molecule has 1 heterocycles. The highest BCUT2D eigenvalue weighted by molar-refractivity contribution is 5.76. The minimum absolute atomic E-state index is 0.206. The lowest BCUT2D eigenvalue weighted by Gasteiger charge is -2.05. The number of esters is 1. The number of aryl methyl sites for hydroxylation is 1. The van der Waals surface area contributed by atoms with Crippen molar-refractivity contribution in [2.75, 3.05) is 19.7 Å². The summed E-state index contributed by atoms with van der Waals surface area (Å²) < 4.78 is 6.84. The number of nitrogens with zero attached hydrogens (tertiary/aromatic N) is 2. The number of nitrogens with one attached hydrogen (secondary N) is 1. The van der Waals surface area contributed by atoms with Crippen molar-refractivity contribution in [2.24, 2.45) is 7.05 Å². The van der Waals surface area contributed by atoms with E-state index in [0.29, 0.717) is 6.61 Å². The van der Waals surface area contributed by atoms with Crippen molar-refractivity contribution < 1.29 is 9.53 Å². The predicted octanol–water partition coefficient (Wildman–Crippen LogP) is 1.27. The molecule has 0 radical (unpaired) electrons. The molecule has 0 aliphatic carbocycles. The molecule has 5 heteroatoms. The molecule has 102 valence electrons. The molecule has 0 unspecified atom stereocenters. The summed E-state index contributed by atoms with van der Waals surface area (Å²) in [5, 5.41) is 3.07. The first kappa shape index (κ1) is 13.5. The molecule has 0 bridgehead atoms. The van der Waals surface area contributed by atoms with Gasteiger partial charge in [0, 0.05) is 7.05 Å². The second-order valence-corrected chi connectivity index (χ2v) is 4.41. The van der Waals surface area contributed by atoms with Crippen LogP contribution < -0.4 is 5.32 Å². The molecule has 19 heavy (non-hydrogen) atoms. The van der Waals surface area contributed by atoms with Crippen molar-refractivity contribution in [3.63, 3.8) is 0 Å². The number of hydrogen-bond acceptors (Lipinski definition) is 4. The number of carbonyl (C=O) groups is 1. The number of aromatic nitrogens is 2. The van der Waals surface area contributed by atoms with Gasteiger partial charge < -0.3 is 14.6 Å². The maximum Gasteiger partial charge on any atom is 0.319 e. The maximum absolute atomic E-state index is 11.1. The van der Waals surface area contributed by atoms with E-state index in [0.717, 1.165) is 24.0 Å². The third-order valence-electron chi connectivity index (χ3n) is 2.95. The van der Waals surface area contributed by atoms with E-state index in [1.807, 2.05) is 17.9 Å². The van der Waals surface area contributed by atoms with Crippen LogP contribution in [0.1, 0.15) is 12.5 Å². The molecule has 5 nitrogen and oxygen atoms in total. The average Bonchev–Trinajstić information content (AvgIpc) is 2.76. The highest BCUT2D eigenvalue weighted by Crippen LogP contribution is 2.13. The molecular formula is C14H19N3O2. The van der Waals surface area contributed by atoms with Crippen LogP contribution in [0.15, 0.2) is 24.5 Å². The Kier molecular flexibility index (Phi) is 4.52. The zero-order chi connectivity index (χ0) is 13.7. The standard InChI is InChI=1S/C14H19N3O2/c1-3-19-14(18)9-15-7-6-11-4-5-13-12(8-11)16-10-17(13)2/h4-5,8,10,15H,3,6-7,9H2,1-2H3. The van der Waals surface area contributed by atoms with Crippen molar-refractivity contribution in [2.45, 2.75) is 13.3 Å². The van der Waals surface area contributed by atoms with Gasteiger partial charge in [0.1, 0.15) is 0 Å². The minimum atomic E-state index is -0.206. The lowest BCUT2D eigenvalue weighted by Crippen LogP contribution is -2.26. The quantitative estimate of drug-likeness (QED) is 0.628. The van der Waals surface area contributed by atoms with E-state index < -0.39 is 0 Å². The summed E-state index contributed by atoms with van der Waals surface area (Å²) >= 11 is 0. The van der Waals surface area contributed by atoms with Crippen molar-refractivity contribution in [3.8, 4) is 0 Å². The van der Waals surface area contributed by atoms with E-state index in [-0.39, 0.29) is 12.5 Å². The third kappa shape index (κ3) is 3.54. The Morgan fingerprint density at radius 1 is 1.47 bits per heavy atom. The smallest absolute Gasteiger partial charge is 0.319 e. The van der Waals surface area contributed by atoms with Crippen LogP contribution in [0.2, 0.25) is 0 Å². The Balaban J connectivity index is 1.83. The predicted molar refractivity (Wildman–Crippen MR) is 73.9 cm³/mol. The molecule has 0 aliphatic rings. The lowest BCUT2D eigenvalue weighted by molar-refractivity contribution is -0.141. The Bertz CT molecular complexity index is 563. The van der Waals surface area contributed by atoms with Gasteiger partial charge in [-0.25, -0.2) is 4.98 Å². The first-order valence-corrected chi connectivity index (χ1v) is 6.47. The van der Waals surface area contributed by atoms with Gasteiger partial charge in [0.05, 0.1) is 30.5 Å². The van der Waals surface area contributed by atoms with Crippen molar-refractivity contribution in [3.05, 3.63) is 30.1 Å². The number of hydrogen-bond donors (Lipinski definition) is 1. The fourth-order valence-corrected chi connectivity index (χ4v) is 1.97. The van der Waals surface area contributed by atoms with Gasteiger partial charge in [0.15, 0.2) is 0 Å². The largest absolute Gasteiger partial charge is 0.465 e. The number of fused-ring (bicyclic) bond motifs is 1. The van der Waals surface area contributed by atoms with E-state index in [2.05, 4.69) is 28.5 Å². The van der Waals surface area contributed by atoms with E-state index in [1.54, 1.807) is 6.92 Å². The highest BCUT2D eigenvalue weighted by atomic mass is 16.5. The average molecular weight is 261 g/mol. The minimum Gasteiger partial charge on any atom is -0.465 e. The molecular weight excluding hydrogens is 242 g/mol. The van der Waals surface area contributed by atoms with E-state index >= 15 is 0 Å². The normalized spacial score (nSPS) is 10.8. The summed E-state index contributed by atoms with van der Waals surface area (Å²) in [4.78, 5) is 15.5. The van der Waals surface area contributed by atoms with Gasteiger partial charge in [0.2, 0.25) is 0 Å². The van der Waals surface area contributed by atoms with Gasteiger partial charge in [-0.1, -0.05) is 6.07 Å². The Hall–Kier alpha value is -1.88. The van der Waals surface area contributed by atoms with Crippen LogP contribution in [0.4, 0.5) is 0 Å². The molecule has 1 N–H and O–H groups in total. The molecule has 0 saturated heterocycles. The van der Waals surface area contributed by atoms with Crippen LogP contribution in [0, 0.1) is 0 Å². The SMILES string of the molecule is CCOC(=O)CNCCc1ccc2c(c1)ncn2C. The van der Waals surface area contributed by atoms with Crippen LogP contribution in [-0.4, -0.2) is 35.2 Å². The van der Waals surface area contributed by atoms with Gasteiger partial charge in [0.25, 0.3) is 0 Å². The van der Waals surface area contributed by atoms with Gasteiger partial charge in [-0.3, -0.25) is 4.79 Å². The second-order valence-electron chi connectivity index (χ2n) is 4.41. The fourth-order valence-electron chi connectivity index (χ4n) is 1.97. The Morgan fingerprint density at radius 3 is 3.11 bits per heavy atom. The zero-order valence-corrected chi connectivity index (χ0v) is 11.3.